The van der Waals surface area contributed by atoms with E-state index in [1.54, 1.807) is 12.2 Å². The van der Waals surface area contributed by atoms with Crippen molar-refractivity contribution < 1.29 is 14.3 Å². The Morgan fingerprint density at radius 2 is 1.76 bits per heavy atom. The largest absolute Gasteiger partial charge is 0.461 e. The zero-order chi connectivity index (χ0) is 12.9. The topological polar surface area (TPSA) is 43.4 Å². The molecular formula is C14H18O3. The molecule has 0 aliphatic heterocycles. The minimum Gasteiger partial charge on any atom is -0.461 e. The lowest BCUT2D eigenvalue weighted by Crippen LogP contribution is -2.13. The Morgan fingerprint density at radius 3 is 2.18 bits per heavy atom. The molecule has 0 amide bonds. The number of ether oxygens (including phenoxy) is 1. The van der Waals surface area contributed by atoms with E-state index in [4.69, 9.17) is 4.74 Å². The second-order valence-electron chi connectivity index (χ2n) is 4.28. The normalized spacial score (nSPS) is 24.5. The smallest absolute Gasteiger partial charge is 0.310 e. The summed E-state index contributed by atoms with van der Waals surface area (Å²) >= 11 is 0. The molecule has 0 aromatic rings. The Morgan fingerprint density at radius 1 is 1.18 bits per heavy atom. The van der Waals surface area contributed by atoms with Crippen molar-refractivity contribution in [3.8, 4) is 0 Å². The van der Waals surface area contributed by atoms with Gasteiger partial charge in [0.2, 0.25) is 0 Å². The van der Waals surface area contributed by atoms with E-state index in [0.717, 1.165) is 6.29 Å². The van der Waals surface area contributed by atoms with Crippen LogP contribution < -0.4 is 0 Å². The summed E-state index contributed by atoms with van der Waals surface area (Å²) in [5.74, 6) is -0.975. The first-order valence-electron chi connectivity index (χ1n) is 5.62. The molecule has 2 unspecified atom stereocenters. The van der Waals surface area contributed by atoms with Crippen LogP contribution >= 0.6 is 0 Å². The molecule has 0 spiro atoms. The minimum atomic E-state index is -0.365. The van der Waals surface area contributed by atoms with Crippen molar-refractivity contribution in [1.82, 2.24) is 0 Å². The third-order valence-corrected chi connectivity index (χ3v) is 3.33. The second-order valence-corrected chi connectivity index (χ2v) is 4.28. The lowest BCUT2D eigenvalue weighted by molar-refractivity contribution is -0.145. The Labute approximate surface area is 102 Å². The maximum atomic E-state index is 11.8. The van der Waals surface area contributed by atoms with Gasteiger partial charge in [0.15, 0.2) is 0 Å². The number of esters is 1. The van der Waals surface area contributed by atoms with Gasteiger partial charge in [-0.1, -0.05) is 24.8 Å². The first-order valence-corrected chi connectivity index (χ1v) is 5.62. The summed E-state index contributed by atoms with van der Waals surface area (Å²) in [4.78, 5) is 22.8. The molecule has 0 radical (unpaired) electrons. The van der Waals surface area contributed by atoms with Crippen LogP contribution in [0.4, 0.5) is 0 Å². The van der Waals surface area contributed by atoms with Gasteiger partial charge >= 0.3 is 5.97 Å². The van der Waals surface area contributed by atoms with Crippen molar-refractivity contribution in [2.24, 2.45) is 17.3 Å². The van der Waals surface area contributed by atoms with E-state index in [9.17, 15) is 9.59 Å². The van der Waals surface area contributed by atoms with Gasteiger partial charge in [-0.2, -0.15) is 0 Å². The van der Waals surface area contributed by atoms with Crippen LogP contribution in [0.1, 0.15) is 12.8 Å². The summed E-state index contributed by atoms with van der Waals surface area (Å²) in [5.41, 5.74) is -0.358. The average Bonchev–Trinajstić information content (AvgIpc) is 2.94. The lowest BCUT2D eigenvalue weighted by Gasteiger charge is -2.12. The molecule has 1 saturated carbocycles. The predicted molar refractivity (Wildman–Crippen MR) is 66.3 cm³/mol. The Balaban J connectivity index is 2.80. The first-order chi connectivity index (χ1) is 8.17. The molecule has 1 rings (SSSR count). The summed E-state index contributed by atoms with van der Waals surface area (Å²) in [6, 6.07) is 0. The molecule has 1 aliphatic rings. The molecule has 0 aromatic carbocycles. The molecule has 2 atom stereocenters. The number of carbonyl (C=O) groups is 2. The third-order valence-electron chi connectivity index (χ3n) is 3.33. The van der Waals surface area contributed by atoms with Crippen molar-refractivity contribution in [2.45, 2.75) is 12.8 Å². The van der Waals surface area contributed by atoms with Crippen LogP contribution in [0.15, 0.2) is 38.0 Å². The van der Waals surface area contributed by atoms with Gasteiger partial charge in [-0.3, -0.25) is 4.79 Å². The fourth-order valence-electron chi connectivity index (χ4n) is 2.50. The maximum Gasteiger partial charge on any atom is 0.310 e. The Bertz CT molecular complexity index is 333. The lowest BCUT2D eigenvalue weighted by atomic mass is 9.93. The average molecular weight is 234 g/mol. The number of aldehydes is 1. The van der Waals surface area contributed by atoms with E-state index >= 15 is 0 Å². The molecular weight excluding hydrogens is 216 g/mol. The molecule has 0 bridgehead atoms. The van der Waals surface area contributed by atoms with Crippen LogP contribution in [0.25, 0.3) is 0 Å². The molecule has 92 valence electrons. The molecule has 0 N–H and O–H groups in total. The fraction of sp³-hybridized carbons (Fsp3) is 0.429. The van der Waals surface area contributed by atoms with Gasteiger partial charge in [0.05, 0.1) is 5.92 Å². The maximum absolute atomic E-state index is 11.8. The predicted octanol–water partition coefficient (Wildman–Crippen LogP) is 2.30. The van der Waals surface area contributed by atoms with E-state index < -0.39 is 0 Å². The van der Waals surface area contributed by atoms with Crippen molar-refractivity contribution in [3.63, 3.8) is 0 Å². The highest BCUT2D eigenvalue weighted by molar-refractivity contribution is 5.84. The fourth-order valence-corrected chi connectivity index (χ4v) is 2.50. The molecule has 1 aliphatic carbocycles. The molecule has 3 nitrogen and oxygen atoms in total. The number of hydrogen-bond acceptors (Lipinski definition) is 3. The third kappa shape index (κ3) is 2.38. The zero-order valence-electron chi connectivity index (χ0n) is 9.93. The second kappa shape index (κ2) is 5.62. The standard InChI is InChI=1S/C14H18O3/c1-4-7-14(8-5-2)11(10-15)12(14)13(16)17-9-6-3/h4-6,10-12H,1-3,7-9H2. The van der Waals surface area contributed by atoms with E-state index in [0.29, 0.717) is 12.8 Å². The summed E-state index contributed by atoms with van der Waals surface area (Å²) in [6.45, 7) is 11.0. The van der Waals surface area contributed by atoms with Gasteiger partial charge in [0.1, 0.15) is 12.9 Å². The molecule has 0 aromatic heterocycles. The molecule has 3 heteroatoms. The van der Waals surface area contributed by atoms with E-state index in [1.807, 2.05) is 0 Å². The summed E-state index contributed by atoms with van der Waals surface area (Å²) < 4.78 is 5.01. The quantitative estimate of drug-likeness (QED) is 0.368. The number of rotatable bonds is 8. The highest BCUT2D eigenvalue weighted by Gasteiger charge is 2.67. The van der Waals surface area contributed by atoms with Gasteiger partial charge in [-0.15, -0.1) is 13.2 Å². The highest BCUT2D eigenvalue weighted by atomic mass is 16.5. The zero-order valence-corrected chi connectivity index (χ0v) is 9.93. The number of carbonyl (C=O) groups excluding carboxylic acids is 2. The van der Waals surface area contributed by atoms with Gasteiger partial charge in [-0.05, 0) is 12.8 Å². The molecule has 0 saturated heterocycles. The summed E-state index contributed by atoms with van der Waals surface area (Å²) in [7, 11) is 0. The van der Waals surface area contributed by atoms with Crippen LogP contribution in [0.3, 0.4) is 0 Å². The van der Waals surface area contributed by atoms with E-state index in [-0.39, 0.29) is 29.8 Å². The molecule has 0 heterocycles. The van der Waals surface area contributed by atoms with Crippen molar-refractivity contribution in [1.29, 1.82) is 0 Å². The van der Waals surface area contributed by atoms with Crippen LogP contribution in [0, 0.1) is 17.3 Å². The van der Waals surface area contributed by atoms with E-state index in [1.165, 1.54) is 6.08 Å². The SMILES string of the molecule is C=CCOC(=O)C1C(C=O)C1(CC=C)CC=C. The van der Waals surface area contributed by atoms with Crippen molar-refractivity contribution >= 4 is 12.3 Å². The monoisotopic (exact) mass is 234 g/mol. The van der Waals surface area contributed by atoms with Gasteiger partial charge in [0.25, 0.3) is 0 Å². The number of hydrogen-bond donors (Lipinski definition) is 0. The Kier molecular flexibility index (Phi) is 4.44. The first kappa shape index (κ1) is 13.4. The van der Waals surface area contributed by atoms with Crippen LogP contribution in [-0.2, 0) is 14.3 Å². The van der Waals surface area contributed by atoms with Gasteiger partial charge < -0.3 is 9.53 Å². The van der Waals surface area contributed by atoms with Gasteiger partial charge in [-0.25, -0.2) is 0 Å². The van der Waals surface area contributed by atoms with Crippen molar-refractivity contribution in [3.05, 3.63) is 38.0 Å². The van der Waals surface area contributed by atoms with Crippen LogP contribution in [-0.4, -0.2) is 18.9 Å². The summed E-state index contributed by atoms with van der Waals surface area (Å²) in [5, 5.41) is 0. The van der Waals surface area contributed by atoms with Crippen LogP contribution in [0.5, 0.6) is 0 Å². The van der Waals surface area contributed by atoms with Gasteiger partial charge in [0, 0.05) is 11.3 Å². The van der Waals surface area contributed by atoms with Crippen LogP contribution in [0.2, 0.25) is 0 Å². The highest BCUT2D eigenvalue weighted by Crippen LogP contribution is 2.63. The Hall–Kier alpha value is -1.64. The van der Waals surface area contributed by atoms with E-state index in [2.05, 4.69) is 19.7 Å². The molecule has 17 heavy (non-hydrogen) atoms. The molecule has 1 fully saturated rings. The minimum absolute atomic E-state index is 0.180. The number of allylic oxidation sites excluding steroid dienone is 2. The van der Waals surface area contributed by atoms with Crippen molar-refractivity contribution in [2.75, 3.05) is 6.61 Å². The summed E-state index contributed by atoms with van der Waals surface area (Å²) in [6.07, 6.45) is 7.07.